The zero-order valence-electron chi connectivity index (χ0n) is 21.9. The molecule has 6 N–H and O–H groups in total. The first-order valence-electron chi connectivity index (χ1n) is 12.5. The van der Waals surface area contributed by atoms with Crippen molar-refractivity contribution in [3.05, 3.63) is 71.7 Å². The fourth-order valence-electron chi connectivity index (χ4n) is 4.09. The van der Waals surface area contributed by atoms with E-state index in [2.05, 4.69) is 25.9 Å². The number of halogens is 2. The van der Waals surface area contributed by atoms with Crippen molar-refractivity contribution in [3.63, 3.8) is 0 Å². The maximum atomic E-state index is 14.8. The van der Waals surface area contributed by atoms with E-state index in [1.807, 2.05) is 13.0 Å². The number of aliphatic hydroxyl groups is 1. The number of ether oxygens (including phenoxy) is 1. The number of anilines is 2. The van der Waals surface area contributed by atoms with Gasteiger partial charge in [-0.2, -0.15) is 4.39 Å². The Morgan fingerprint density at radius 2 is 1.90 bits per heavy atom. The molecule has 1 atom stereocenters. The SMILES string of the molecule is CCc1cc(Nc2nccn3c(-c4ccc(OC)c(F)c4F)cnc23)ccc1C(=O)NCCNC(=O)[C@@H](N)CO. The lowest BCUT2D eigenvalue weighted by Gasteiger charge is -2.13. The monoisotopic (exact) mass is 553 g/mol. The number of nitrogens with two attached hydrogens (primary N) is 1. The lowest BCUT2D eigenvalue weighted by Crippen LogP contribution is -2.45. The molecular weight excluding hydrogens is 524 g/mol. The van der Waals surface area contributed by atoms with Crippen molar-refractivity contribution in [3.8, 4) is 17.0 Å². The van der Waals surface area contributed by atoms with E-state index in [0.29, 0.717) is 34.8 Å². The number of carbonyl (C=O) groups excluding carboxylic acids is 2. The Hall–Kier alpha value is -4.62. The van der Waals surface area contributed by atoms with Crippen LogP contribution in [0.3, 0.4) is 0 Å². The van der Waals surface area contributed by atoms with Crippen molar-refractivity contribution >= 4 is 29.0 Å². The molecule has 0 bridgehead atoms. The largest absolute Gasteiger partial charge is 0.494 e. The van der Waals surface area contributed by atoms with Crippen LogP contribution >= 0.6 is 0 Å². The van der Waals surface area contributed by atoms with E-state index >= 15 is 0 Å². The van der Waals surface area contributed by atoms with Crippen molar-refractivity contribution in [2.24, 2.45) is 5.73 Å². The lowest BCUT2D eigenvalue weighted by molar-refractivity contribution is -0.123. The Morgan fingerprint density at radius 3 is 2.62 bits per heavy atom. The topological polar surface area (TPSA) is 156 Å². The number of hydrogen-bond donors (Lipinski definition) is 5. The number of aromatic nitrogens is 3. The van der Waals surface area contributed by atoms with E-state index < -0.39 is 30.2 Å². The van der Waals surface area contributed by atoms with Crippen LogP contribution in [0.1, 0.15) is 22.8 Å². The Balaban J connectivity index is 1.51. The minimum atomic E-state index is -1.09. The second-order valence-corrected chi connectivity index (χ2v) is 8.74. The van der Waals surface area contributed by atoms with Gasteiger partial charge in [0.05, 0.1) is 25.6 Å². The fraction of sp³-hybridized carbons (Fsp3) is 0.259. The van der Waals surface area contributed by atoms with Crippen LogP contribution in [0.15, 0.2) is 48.9 Å². The van der Waals surface area contributed by atoms with E-state index in [9.17, 15) is 18.4 Å². The molecule has 0 saturated heterocycles. The van der Waals surface area contributed by atoms with Crippen LogP contribution in [0.2, 0.25) is 0 Å². The summed E-state index contributed by atoms with van der Waals surface area (Å²) >= 11 is 0. The van der Waals surface area contributed by atoms with Crippen molar-refractivity contribution in [1.29, 1.82) is 0 Å². The van der Waals surface area contributed by atoms with Gasteiger partial charge in [-0.3, -0.25) is 14.0 Å². The zero-order chi connectivity index (χ0) is 28.8. The molecule has 0 saturated carbocycles. The number of imidazole rings is 1. The molecule has 0 spiro atoms. The molecule has 11 nitrogen and oxygen atoms in total. The third kappa shape index (κ3) is 5.84. The van der Waals surface area contributed by atoms with Crippen molar-refractivity contribution in [2.45, 2.75) is 19.4 Å². The normalized spacial score (nSPS) is 11.8. The van der Waals surface area contributed by atoms with Crippen LogP contribution in [0, 0.1) is 11.6 Å². The van der Waals surface area contributed by atoms with Crippen LogP contribution in [0.25, 0.3) is 16.9 Å². The summed E-state index contributed by atoms with van der Waals surface area (Å²) in [5, 5.41) is 17.4. The molecule has 0 fully saturated rings. The minimum Gasteiger partial charge on any atom is -0.494 e. The number of methoxy groups -OCH3 is 1. The molecule has 210 valence electrons. The first-order chi connectivity index (χ1) is 19.3. The molecule has 0 aliphatic heterocycles. The minimum absolute atomic E-state index is 0.0161. The first kappa shape index (κ1) is 28.4. The molecule has 0 unspecified atom stereocenters. The summed E-state index contributed by atoms with van der Waals surface area (Å²) in [7, 11) is 1.26. The summed E-state index contributed by atoms with van der Waals surface area (Å²) in [6.07, 6.45) is 5.09. The number of nitrogens with one attached hydrogen (secondary N) is 3. The lowest BCUT2D eigenvalue weighted by atomic mass is 10.0. The van der Waals surface area contributed by atoms with Gasteiger partial charge in [0.1, 0.15) is 6.04 Å². The molecule has 4 aromatic rings. The van der Waals surface area contributed by atoms with Gasteiger partial charge in [-0.25, -0.2) is 14.4 Å². The van der Waals surface area contributed by atoms with E-state index in [1.165, 1.54) is 31.6 Å². The number of hydrogen-bond acceptors (Lipinski definition) is 8. The van der Waals surface area contributed by atoms with Gasteiger partial charge in [-0.1, -0.05) is 6.92 Å². The Morgan fingerprint density at radius 1 is 1.12 bits per heavy atom. The number of nitrogens with zero attached hydrogens (tertiary/aromatic N) is 3. The second kappa shape index (κ2) is 12.5. The predicted octanol–water partition coefficient (Wildman–Crippen LogP) is 2.15. The Kier molecular flexibility index (Phi) is 8.86. The first-order valence-corrected chi connectivity index (χ1v) is 12.5. The Labute approximate surface area is 228 Å². The highest BCUT2D eigenvalue weighted by atomic mass is 19.2. The molecule has 2 heterocycles. The van der Waals surface area contributed by atoms with Crippen LogP contribution < -0.4 is 26.4 Å². The van der Waals surface area contributed by atoms with Crippen molar-refractivity contribution < 1.29 is 28.2 Å². The molecule has 40 heavy (non-hydrogen) atoms. The average molecular weight is 554 g/mol. The summed E-state index contributed by atoms with van der Waals surface area (Å²) < 4.78 is 35.5. The van der Waals surface area contributed by atoms with Gasteiger partial charge < -0.3 is 31.5 Å². The van der Waals surface area contributed by atoms with Gasteiger partial charge in [-0.05, 0) is 42.3 Å². The van der Waals surface area contributed by atoms with E-state index in [-0.39, 0.29) is 30.3 Å². The maximum absolute atomic E-state index is 14.8. The molecule has 2 aromatic heterocycles. The fourth-order valence-corrected chi connectivity index (χ4v) is 4.09. The van der Waals surface area contributed by atoms with Crippen LogP contribution in [-0.2, 0) is 11.2 Å². The quantitative estimate of drug-likeness (QED) is 0.177. The van der Waals surface area contributed by atoms with Crippen LogP contribution in [-0.4, -0.2) is 64.1 Å². The van der Waals surface area contributed by atoms with Crippen LogP contribution in [0.4, 0.5) is 20.3 Å². The van der Waals surface area contributed by atoms with Gasteiger partial charge in [0, 0.05) is 42.3 Å². The molecule has 2 aromatic carbocycles. The molecular formula is C27H29F2N7O4. The number of carbonyl (C=O) groups is 2. The Bertz CT molecular complexity index is 1540. The summed E-state index contributed by atoms with van der Waals surface area (Å²) in [6, 6.07) is 6.95. The van der Waals surface area contributed by atoms with E-state index in [0.717, 1.165) is 5.56 Å². The smallest absolute Gasteiger partial charge is 0.251 e. The molecule has 2 amide bonds. The summed E-state index contributed by atoms with van der Waals surface area (Å²) in [4.78, 5) is 33.1. The number of benzene rings is 2. The van der Waals surface area contributed by atoms with Crippen LogP contribution in [0.5, 0.6) is 5.75 Å². The molecule has 0 aliphatic rings. The molecule has 0 radical (unpaired) electrons. The zero-order valence-corrected chi connectivity index (χ0v) is 21.9. The third-order valence-electron chi connectivity index (χ3n) is 6.21. The van der Waals surface area contributed by atoms with Gasteiger partial charge >= 0.3 is 0 Å². The predicted molar refractivity (Wildman–Crippen MR) is 144 cm³/mol. The number of rotatable bonds is 11. The molecule has 0 aliphatic carbocycles. The third-order valence-corrected chi connectivity index (χ3v) is 6.21. The van der Waals surface area contributed by atoms with Crippen molar-refractivity contribution in [1.82, 2.24) is 25.0 Å². The summed E-state index contributed by atoms with van der Waals surface area (Å²) in [5.41, 5.74) is 8.05. The summed E-state index contributed by atoms with van der Waals surface area (Å²) in [5.74, 6) is -2.78. The number of fused-ring (bicyclic) bond motifs is 1. The molecule has 13 heteroatoms. The average Bonchev–Trinajstić information content (AvgIpc) is 3.40. The van der Waals surface area contributed by atoms with Gasteiger partial charge in [0.15, 0.2) is 23.0 Å². The number of aryl methyl sites for hydroxylation is 1. The van der Waals surface area contributed by atoms with Gasteiger partial charge in [0.2, 0.25) is 11.7 Å². The standard InChI is InChI=1S/C27H29F2N7O4/c1-3-15-12-16(4-5-17(15)26(38)32-8-9-33-27(39)19(30)14-37)35-24-25-34-13-20(36(25)11-10-31-24)18-6-7-21(40-2)23(29)22(18)28/h4-7,10-13,19,37H,3,8-9,14,30H2,1-2H3,(H,31,35)(H,32,38)(H,33,39)/t19-/m0/s1. The van der Waals surface area contributed by atoms with Crippen molar-refractivity contribution in [2.75, 3.05) is 32.1 Å². The van der Waals surface area contributed by atoms with Gasteiger partial charge in [0.25, 0.3) is 5.91 Å². The highest BCUT2D eigenvalue weighted by molar-refractivity contribution is 5.96. The van der Waals surface area contributed by atoms with E-state index in [4.69, 9.17) is 15.6 Å². The second-order valence-electron chi connectivity index (χ2n) is 8.74. The maximum Gasteiger partial charge on any atom is 0.251 e. The molecule has 4 rings (SSSR count). The number of aliphatic hydroxyl groups excluding tert-OH is 1. The van der Waals surface area contributed by atoms with E-state index in [1.54, 1.807) is 22.7 Å². The highest BCUT2D eigenvalue weighted by Gasteiger charge is 2.19. The summed E-state index contributed by atoms with van der Waals surface area (Å²) in [6.45, 7) is 1.79. The highest BCUT2D eigenvalue weighted by Crippen LogP contribution is 2.31. The number of amides is 2. The van der Waals surface area contributed by atoms with Gasteiger partial charge in [-0.15, -0.1) is 0 Å².